The Morgan fingerprint density at radius 1 is 0.164 bits per heavy atom. The molecule has 0 spiro atoms. The molecule has 0 amide bonds. The van der Waals surface area contributed by atoms with E-state index in [2.05, 4.69) is 19.9 Å². The van der Waals surface area contributed by atoms with E-state index in [1.807, 2.05) is 66.1 Å². The summed E-state index contributed by atoms with van der Waals surface area (Å²) in [5.74, 6) is 0. The number of fused-ring (bicyclic) bond motifs is 26. The van der Waals surface area contributed by atoms with Crippen LogP contribution < -0.4 is 65.1 Å². The highest BCUT2D eigenvalue weighted by Crippen LogP contribution is 2.37. The van der Waals surface area contributed by atoms with Gasteiger partial charge in [-0.3, -0.25) is 77.5 Å². The third-order valence-electron chi connectivity index (χ3n) is 24.8. The number of benzene rings is 12. The number of nitrogens with zero attached hydrogens (tertiary/aromatic N) is 8. The van der Waals surface area contributed by atoms with Crippen molar-refractivity contribution in [2.75, 3.05) is 0 Å². The molecule has 0 aliphatic carbocycles. The van der Waals surface area contributed by atoms with Gasteiger partial charge in [-0.05, 0) is 140 Å². The lowest BCUT2D eigenvalue weighted by Gasteiger charge is -2.14. The van der Waals surface area contributed by atoms with Crippen molar-refractivity contribution in [1.29, 1.82) is 0 Å². The Morgan fingerprint density at radius 2 is 0.438 bits per heavy atom. The van der Waals surface area contributed by atoms with Crippen LogP contribution in [0.4, 0.5) is 0 Å². The summed E-state index contributed by atoms with van der Waals surface area (Å²) >= 11 is 0. The molecule has 28 rings (SSSR count). The molecule has 0 bridgehead atoms. The fraction of sp³-hybridized carbons (Fsp3) is 0. The smallest absolute Gasteiger partial charge is 0.202 e. The first-order valence-electron chi connectivity index (χ1n) is 40.4. The summed E-state index contributed by atoms with van der Waals surface area (Å²) in [5, 5.41) is 9.26. The van der Waals surface area contributed by atoms with Gasteiger partial charge in [-0.1, -0.05) is 97.1 Å². The van der Waals surface area contributed by atoms with Crippen LogP contribution in [-0.2, 0) is 0 Å². The van der Waals surface area contributed by atoms with Crippen LogP contribution in [-0.4, -0.2) is 37.5 Å². The van der Waals surface area contributed by atoms with Gasteiger partial charge in [-0.2, -0.15) is 0 Å². The van der Waals surface area contributed by atoms with Crippen molar-refractivity contribution in [3.05, 3.63) is 415 Å². The Kier molecular flexibility index (Phi) is 15.1. The molecular formula is C104H48N8O16. The second-order valence-corrected chi connectivity index (χ2v) is 31.5. The standard InChI is InChI=1S/4C26H12N2O4/c29-24-13-5-1-3-7-19(13)28-20-9-16-22(32-21-8-4-2-6-14(21)25(16)30)10-15(20)26(31)18-12-27-11-17(24)23(18)28;29-24-13-5-1-3-7-19(13)28-20-10-22-16(25(30)14-6-2-4-8-21(14)32-22)9-15(20)26(31)18-12-27-11-17(24)23(18)28;29-24-13-5-1-3-7-17(13)28-18-9-10-20-22(25(30)14-6-2-4-8-19(14)32-20)21(18)26(31)16-12-27-11-15(24)23(16)28;29-23-13-5-1-3-7-18(13)28-19-10-9-15-24(30)14-6-2-4-8-20(14)32-26(15)21(19)25(31)17-12-27-11-16(23)22(17)28/h4*1-12H. The molecule has 600 valence electrons. The molecule has 0 atom stereocenters. The quantitative estimate of drug-likeness (QED) is 0.101. The lowest BCUT2D eigenvalue weighted by atomic mass is 10.0. The van der Waals surface area contributed by atoms with Gasteiger partial charge in [-0.15, -0.1) is 0 Å². The molecule has 0 fully saturated rings. The van der Waals surface area contributed by atoms with E-state index in [1.54, 1.807) is 194 Å². The van der Waals surface area contributed by atoms with Gasteiger partial charge in [-0.25, -0.2) is 0 Å². The SMILES string of the molecule is O=c1c2ccccc2n2c3ccc4oc5ccccc5c(=O)c4c3c(=O)c3cncc1c32.O=c1c2ccccc2oc2c1ccc1c2c(=O)c2cncc3c(=O)c4ccccc4n1c32.O=c1c2ccccc2oc2cc3c(=O)c4cncc5c(=O)c6ccccc6n(c3cc12)c54.O=c1c2ccccc2oc2cc3c(cc12)c(=O)c1cncc2c(=O)c4ccccc4n3c21. The minimum atomic E-state index is -0.346. The number of aromatic nitrogens is 8. The summed E-state index contributed by atoms with van der Waals surface area (Å²) in [6.45, 7) is 0. The van der Waals surface area contributed by atoms with Crippen molar-refractivity contribution in [3.63, 3.8) is 0 Å². The largest absolute Gasteiger partial charge is 0.456 e. The number of rotatable bonds is 0. The minimum absolute atomic E-state index is 0.167. The summed E-state index contributed by atoms with van der Waals surface area (Å²) in [7, 11) is 0. The number of hydrogen-bond donors (Lipinski definition) is 0. The molecule has 16 heterocycles. The van der Waals surface area contributed by atoms with E-state index in [-0.39, 0.29) is 86.9 Å². The first-order chi connectivity index (χ1) is 62.6. The van der Waals surface area contributed by atoms with Gasteiger partial charge >= 0.3 is 0 Å². The van der Waals surface area contributed by atoms with E-state index in [0.29, 0.717) is 218 Å². The molecule has 0 aliphatic heterocycles. The van der Waals surface area contributed by atoms with E-state index >= 15 is 0 Å². The van der Waals surface area contributed by atoms with Crippen molar-refractivity contribution in [3.8, 4) is 0 Å². The number of para-hydroxylation sites is 8. The van der Waals surface area contributed by atoms with Crippen LogP contribution in [0.25, 0.3) is 240 Å². The van der Waals surface area contributed by atoms with E-state index in [9.17, 15) is 57.5 Å². The molecular weight excluding hydrogens is 1620 g/mol. The normalized spacial score (nSPS) is 12.1. The van der Waals surface area contributed by atoms with Gasteiger partial charge in [0.05, 0.1) is 169 Å². The molecule has 128 heavy (non-hydrogen) atoms. The molecule has 0 N–H and O–H groups in total. The Hall–Kier alpha value is -18.3. The van der Waals surface area contributed by atoms with Crippen molar-refractivity contribution < 1.29 is 17.7 Å². The highest BCUT2D eigenvalue weighted by Gasteiger charge is 2.27. The number of hydrogen-bond acceptors (Lipinski definition) is 20. The van der Waals surface area contributed by atoms with Crippen LogP contribution in [0, 0.1) is 0 Å². The Morgan fingerprint density at radius 3 is 0.859 bits per heavy atom. The fourth-order valence-electron chi connectivity index (χ4n) is 19.1. The number of pyridine rings is 12. The highest BCUT2D eigenvalue weighted by molar-refractivity contribution is 6.18. The second kappa shape index (κ2) is 26.6. The van der Waals surface area contributed by atoms with Crippen LogP contribution in [0.1, 0.15) is 0 Å². The zero-order valence-electron chi connectivity index (χ0n) is 65.8. The topological polar surface area (TPSA) is 327 Å². The van der Waals surface area contributed by atoms with E-state index in [0.717, 1.165) is 0 Å². The molecule has 0 unspecified atom stereocenters. The molecule has 16 aromatic heterocycles. The van der Waals surface area contributed by atoms with Crippen molar-refractivity contribution in [1.82, 2.24) is 37.5 Å². The molecule has 28 aromatic rings. The van der Waals surface area contributed by atoms with Crippen molar-refractivity contribution in [2.24, 2.45) is 0 Å². The van der Waals surface area contributed by atoms with Crippen molar-refractivity contribution in [2.45, 2.75) is 0 Å². The summed E-state index contributed by atoms with van der Waals surface area (Å²) in [4.78, 5) is 177. The average Bonchev–Trinajstić information content (AvgIpc) is 0.732. The van der Waals surface area contributed by atoms with Gasteiger partial charge in [0, 0.05) is 82.6 Å². The van der Waals surface area contributed by atoms with E-state index in [4.69, 9.17) is 17.7 Å². The predicted octanol–water partition coefficient (Wildman–Crippen LogP) is 16.8. The van der Waals surface area contributed by atoms with Crippen LogP contribution >= 0.6 is 0 Å². The third-order valence-corrected chi connectivity index (χ3v) is 24.8. The Balaban J connectivity index is 0.0000000926. The maximum Gasteiger partial charge on any atom is 0.202 e. The van der Waals surface area contributed by atoms with Crippen molar-refractivity contribution >= 4 is 240 Å². The zero-order valence-corrected chi connectivity index (χ0v) is 65.8. The fourth-order valence-corrected chi connectivity index (χ4v) is 19.1. The van der Waals surface area contributed by atoms with Crippen LogP contribution in [0.3, 0.4) is 0 Å². The minimum Gasteiger partial charge on any atom is -0.456 e. The van der Waals surface area contributed by atoms with Crippen LogP contribution in [0.5, 0.6) is 0 Å². The maximum absolute atomic E-state index is 13.7. The van der Waals surface area contributed by atoms with Gasteiger partial charge in [0.25, 0.3) is 0 Å². The third kappa shape index (κ3) is 9.91. The molecule has 0 aliphatic rings. The van der Waals surface area contributed by atoms with Crippen LogP contribution in [0.15, 0.2) is 367 Å². The molecule has 24 nitrogen and oxygen atoms in total. The van der Waals surface area contributed by atoms with Gasteiger partial charge in [0.2, 0.25) is 27.1 Å². The van der Waals surface area contributed by atoms with Gasteiger partial charge in [0.1, 0.15) is 39.1 Å². The molecule has 0 saturated heterocycles. The molecule has 12 aromatic carbocycles. The summed E-state index contributed by atoms with van der Waals surface area (Å²) in [5.41, 5.74) is 7.37. The summed E-state index contributed by atoms with van der Waals surface area (Å²) in [6.07, 6.45) is 11.9. The highest BCUT2D eigenvalue weighted by atomic mass is 16.3. The van der Waals surface area contributed by atoms with E-state index in [1.165, 1.54) is 49.6 Å². The Labute approximate surface area is 706 Å². The van der Waals surface area contributed by atoms with E-state index < -0.39 is 0 Å². The lowest BCUT2D eigenvalue weighted by Crippen LogP contribution is -2.16. The Bertz CT molecular complexity index is 10600. The molecule has 0 saturated carbocycles. The van der Waals surface area contributed by atoms with Gasteiger partial charge in [0.15, 0.2) is 43.6 Å². The first kappa shape index (κ1) is 72.5. The molecule has 24 heteroatoms. The first-order valence-corrected chi connectivity index (χ1v) is 40.4. The predicted molar refractivity (Wildman–Crippen MR) is 500 cm³/mol. The second-order valence-electron chi connectivity index (χ2n) is 31.5. The van der Waals surface area contributed by atoms with Gasteiger partial charge < -0.3 is 35.3 Å². The molecule has 0 radical (unpaired) electrons. The summed E-state index contributed by atoms with van der Waals surface area (Å²) < 4.78 is 31.7. The zero-order chi connectivity index (χ0) is 86.2. The lowest BCUT2D eigenvalue weighted by molar-refractivity contribution is 0.660. The van der Waals surface area contributed by atoms with Crippen LogP contribution in [0.2, 0.25) is 0 Å². The summed E-state index contributed by atoms with van der Waals surface area (Å²) in [6, 6.07) is 70.6. The monoisotopic (exact) mass is 1660 g/mol. The average molecular weight is 1670 g/mol. The maximum atomic E-state index is 13.7.